The largest absolute Gasteiger partial charge is 0.496 e. The number of carbonyl (C=O) groups excluding carboxylic acids is 3. The van der Waals surface area contributed by atoms with Crippen LogP contribution in [0, 0.1) is 0 Å². The fourth-order valence-electron chi connectivity index (χ4n) is 3.55. The van der Waals surface area contributed by atoms with Gasteiger partial charge in [-0.3, -0.25) is 14.4 Å². The number of nitrogens with one attached hydrogen (secondary N) is 3. The molecule has 1 saturated carbocycles. The lowest BCUT2D eigenvalue weighted by molar-refractivity contribution is -0.116. The van der Waals surface area contributed by atoms with E-state index in [2.05, 4.69) is 16.0 Å². The van der Waals surface area contributed by atoms with Crippen molar-refractivity contribution in [2.24, 2.45) is 0 Å². The van der Waals surface area contributed by atoms with Gasteiger partial charge >= 0.3 is 0 Å². The van der Waals surface area contributed by atoms with Crippen molar-refractivity contribution in [3.05, 3.63) is 59.7 Å². The van der Waals surface area contributed by atoms with Gasteiger partial charge in [-0.2, -0.15) is 0 Å². The molecule has 158 valence electrons. The number of amides is 3. The molecule has 7 heteroatoms. The predicted molar refractivity (Wildman–Crippen MR) is 115 cm³/mol. The number of rotatable bonds is 8. The Labute approximate surface area is 176 Å². The average molecular weight is 409 g/mol. The number of ether oxygens (including phenoxy) is 1. The molecule has 3 amide bonds. The summed E-state index contributed by atoms with van der Waals surface area (Å²) in [6.07, 6.45) is 4.33. The van der Waals surface area contributed by atoms with E-state index in [4.69, 9.17) is 4.74 Å². The van der Waals surface area contributed by atoms with Crippen molar-refractivity contribution >= 4 is 23.4 Å². The smallest absolute Gasteiger partial charge is 0.255 e. The molecule has 1 fully saturated rings. The maximum absolute atomic E-state index is 12.6. The number of carbonyl (C=O) groups is 3. The lowest BCUT2D eigenvalue weighted by Gasteiger charge is -2.15. The second-order valence-electron chi connectivity index (χ2n) is 7.25. The van der Waals surface area contributed by atoms with Crippen LogP contribution in [0.2, 0.25) is 0 Å². The predicted octanol–water partition coefficient (Wildman–Crippen LogP) is 3.13. The van der Waals surface area contributed by atoms with Crippen molar-refractivity contribution in [1.29, 1.82) is 0 Å². The highest BCUT2D eigenvalue weighted by atomic mass is 16.5. The van der Waals surface area contributed by atoms with Crippen molar-refractivity contribution in [2.75, 3.05) is 19.0 Å². The number of hydrogen-bond acceptors (Lipinski definition) is 4. The first-order chi connectivity index (χ1) is 14.6. The van der Waals surface area contributed by atoms with Crippen LogP contribution < -0.4 is 20.7 Å². The molecule has 0 unspecified atom stereocenters. The van der Waals surface area contributed by atoms with Gasteiger partial charge in [0.05, 0.1) is 23.9 Å². The fraction of sp³-hybridized carbons (Fsp3) is 0.348. The first-order valence-corrected chi connectivity index (χ1v) is 10.2. The van der Waals surface area contributed by atoms with E-state index in [0.717, 1.165) is 25.7 Å². The third-order valence-electron chi connectivity index (χ3n) is 5.13. The van der Waals surface area contributed by atoms with E-state index in [1.54, 1.807) is 48.5 Å². The van der Waals surface area contributed by atoms with Crippen LogP contribution in [-0.2, 0) is 4.79 Å². The lowest BCUT2D eigenvalue weighted by Crippen LogP contribution is -2.33. The molecular formula is C23H27N3O4. The van der Waals surface area contributed by atoms with Gasteiger partial charge in [0.2, 0.25) is 5.91 Å². The maximum Gasteiger partial charge on any atom is 0.255 e. The van der Waals surface area contributed by atoms with Gasteiger partial charge in [0.25, 0.3) is 11.8 Å². The molecule has 0 atom stereocenters. The van der Waals surface area contributed by atoms with Gasteiger partial charge in [-0.1, -0.05) is 37.1 Å². The second kappa shape index (κ2) is 10.4. The van der Waals surface area contributed by atoms with Gasteiger partial charge in [0.15, 0.2) is 0 Å². The summed E-state index contributed by atoms with van der Waals surface area (Å²) in [7, 11) is 1.50. The monoisotopic (exact) mass is 409 g/mol. The molecule has 0 aromatic heterocycles. The van der Waals surface area contributed by atoms with Crippen molar-refractivity contribution < 1.29 is 19.1 Å². The Kier molecular flexibility index (Phi) is 7.43. The Bertz CT molecular complexity index is 907. The van der Waals surface area contributed by atoms with Crippen LogP contribution in [0.25, 0.3) is 0 Å². The van der Waals surface area contributed by atoms with Crippen molar-refractivity contribution in [1.82, 2.24) is 10.6 Å². The SMILES string of the molecule is COc1ccccc1C(=O)NCCC(=O)Nc1ccccc1C(=O)NC1CCCC1. The highest BCUT2D eigenvalue weighted by molar-refractivity contribution is 6.04. The normalized spacial score (nSPS) is 13.5. The highest BCUT2D eigenvalue weighted by Gasteiger charge is 2.20. The first-order valence-electron chi connectivity index (χ1n) is 10.2. The zero-order valence-electron chi connectivity index (χ0n) is 17.1. The van der Waals surface area contributed by atoms with E-state index in [1.807, 2.05) is 0 Å². The van der Waals surface area contributed by atoms with Crippen LogP contribution in [0.1, 0.15) is 52.8 Å². The van der Waals surface area contributed by atoms with Gasteiger partial charge in [0, 0.05) is 19.0 Å². The zero-order chi connectivity index (χ0) is 21.3. The number of benzene rings is 2. The summed E-state index contributed by atoms with van der Waals surface area (Å²) in [5.74, 6) is -0.294. The van der Waals surface area contributed by atoms with Crippen LogP contribution >= 0.6 is 0 Å². The van der Waals surface area contributed by atoms with Crippen LogP contribution in [-0.4, -0.2) is 37.4 Å². The number of anilines is 1. The molecule has 3 N–H and O–H groups in total. The molecule has 0 spiro atoms. The summed E-state index contributed by atoms with van der Waals surface area (Å²) in [6.45, 7) is 0.166. The quantitative estimate of drug-likeness (QED) is 0.624. The lowest BCUT2D eigenvalue weighted by atomic mass is 10.1. The molecule has 0 heterocycles. The molecular weight excluding hydrogens is 382 g/mol. The van der Waals surface area contributed by atoms with E-state index in [-0.39, 0.29) is 36.7 Å². The third-order valence-corrected chi connectivity index (χ3v) is 5.13. The van der Waals surface area contributed by atoms with Crippen molar-refractivity contribution in [2.45, 2.75) is 38.1 Å². The molecule has 1 aliphatic rings. The Morgan fingerprint density at radius 3 is 2.33 bits per heavy atom. The van der Waals surface area contributed by atoms with Gasteiger partial charge in [0.1, 0.15) is 5.75 Å². The Hall–Kier alpha value is -3.35. The number of hydrogen-bond donors (Lipinski definition) is 3. The molecule has 1 aliphatic carbocycles. The third kappa shape index (κ3) is 5.59. The van der Waals surface area contributed by atoms with Crippen molar-refractivity contribution in [3.8, 4) is 5.75 Å². The Morgan fingerprint density at radius 2 is 1.60 bits per heavy atom. The average Bonchev–Trinajstić information content (AvgIpc) is 3.27. The molecule has 0 radical (unpaired) electrons. The summed E-state index contributed by atoms with van der Waals surface area (Å²) < 4.78 is 5.18. The maximum atomic E-state index is 12.6. The first kappa shape index (κ1) is 21.4. The zero-order valence-corrected chi connectivity index (χ0v) is 17.1. The topological polar surface area (TPSA) is 96.5 Å². The van der Waals surface area contributed by atoms with Gasteiger partial charge in [-0.05, 0) is 37.1 Å². The minimum absolute atomic E-state index is 0.0828. The summed E-state index contributed by atoms with van der Waals surface area (Å²) in [5.41, 5.74) is 1.32. The molecule has 2 aromatic carbocycles. The Morgan fingerprint density at radius 1 is 0.933 bits per heavy atom. The molecule has 30 heavy (non-hydrogen) atoms. The van der Waals surface area contributed by atoms with Gasteiger partial charge in [-0.25, -0.2) is 0 Å². The number of methoxy groups -OCH3 is 1. The molecule has 0 aliphatic heterocycles. The molecule has 3 rings (SSSR count). The summed E-state index contributed by atoms with van der Waals surface area (Å²) in [4.78, 5) is 37.2. The van der Waals surface area contributed by atoms with Crippen molar-refractivity contribution in [3.63, 3.8) is 0 Å². The molecule has 7 nitrogen and oxygen atoms in total. The van der Waals surface area contributed by atoms with Crippen LogP contribution in [0.3, 0.4) is 0 Å². The van der Waals surface area contributed by atoms with Crippen LogP contribution in [0.5, 0.6) is 5.75 Å². The highest BCUT2D eigenvalue weighted by Crippen LogP contribution is 2.20. The van der Waals surface area contributed by atoms with Gasteiger partial charge in [-0.15, -0.1) is 0 Å². The minimum Gasteiger partial charge on any atom is -0.496 e. The molecule has 0 bridgehead atoms. The summed E-state index contributed by atoms with van der Waals surface area (Å²) in [6, 6.07) is 14.0. The molecule has 2 aromatic rings. The Balaban J connectivity index is 1.52. The summed E-state index contributed by atoms with van der Waals surface area (Å²) in [5, 5.41) is 8.53. The molecule has 0 saturated heterocycles. The van der Waals surface area contributed by atoms with E-state index in [9.17, 15) is 14.4 Å². The standard InChI is InChI=1S/C23H27N3O4/c1-30-20-13-7-5-11-18(20)22(28)24-15-14-21(27)26-19-12-6-4-10-17(19)23(29)25-16-8-2-3-9-16/h4-7,10-13,16H,2-3,8-9,14-15H2,1H3,(H,24,28)(H,25,29)(H,26,27). The van der Waals surface area contributed by atoms with Crippen LogP contribution in [0.15, 0.2) is 48.5 Å². The van der Waals surface area contributed by atoms with Gasteiger partial charge < -0.3 is 20.7 Å². The van der Waals surface area contributed by atoms with E-state index < -0.39 is 0 Å². The summed E-state index contributed by atoms with van der Waals surface area (Å²) >= 11 is 0. The fourth-order valence-corrected chi connectivity index (χ4v) is 3.55. The minimum atomic E-state index is -0.309. The van der Waals surface area contributed by atoms with E-state index >= 15 is 0 Å². The van der Waals surface area contributed by atoms with E-state index in [0.29, 0.717) is 22.6 Å². The van der Waals surface area contributed by atoms with E-state index in [1.165, 1.54) is 7.11 Å². The second-order valence-corrected chi connectivity index (χ2v) is 7.25. The van der Waals surface area contributed by atoms with Crippen LogP contribution in [0.4, 0.5) is 5.69 Å². The number of para-hydroxylation sites is 2.